The molecule has 0 bridgehead atoms. The van der Waals surface area contributed by atoms with Crippen LogP contribution in [0.3, 0.4) is 0 Å². The number of amides is 4. The third-order valence-corrected chi connectivity index (χ3v) is 16.0. The molecule has 2 fully saturated rings. The van der Waals surface area contributed by atoms with E-state index in [1.165, 1.54) is 27.2 Å². The lowest BCUT2D eigenvalue weighted by atomic mass is 9.85. The summed E-state index contributed by atoms with van der Waals surface area (Å²) in [6, 6.07) is 22.0. The molecule has 0 spiro atoms. The van der Waals surface area contributed by atoms with Crippen molar-refractivity contribution in [3.8, 4) is 16.2 Å². The summed E-state index contributed by atoms with van der Waals surface area (Å²) in [4.78, 5) is 74.4. The van der Waals surface area contributed by atoms with Crippen LogP contribution in [0.2, 0.25) is 0 Å². The summed E-state index contributed by atoms with van der Waals surface area (Å²) in [5.41, 5.74) is 7.44. The number of carbonyl (C=O) groups excluding carboxylic acids is 4. The average molecular weight is 1080 g/mol. The van der Waals surface area contributed by atoms with E-state index in [9.17, 15) is 24.3 Å². The van der Waals surface area contributed by atoms with Gasteiger partial charge in [-0.15, -0.1) is 11.3 Å². The van der Waals surface area contributed by atoms with Crippen LogP contribution in [-0.4, -0.2) is 139 Å². The molecule has 76 heavy (non-hydrogen) atoms. The maximum atomic E-state index is 14.1. The Balaban J connectivity index is 0.706. The van der Waals surface area contributed by atoms with Crippen LogP contribution >= 0.6 is 22.7 Å². The molecule has 0 aliphatic carbocycles. The van der Waals surface area contributed by atoms with Gasteiger partial charge in [0.05, 0.1) is 54.2 Å². The number of nitrogens with one attached hydrogen (secondary N) is 4. The molecule has 2 saturated heterocycles. The van der Waals surface area contributed by atoms with Gasteiger partial charge in [-0.25, -0.2) is 9.97 Å². The van der Waals surface area contributed by atoms with Crippen LogP contribution < -0.4 is 30.5 Å². The van der Waals surface area contributed by atoms with E-state index in [4.69, 9.17) is 14.2 Å². The Bertz CT molecular complexity index is 2860. The lowest BCUT2D eigenvalue weighted by Gasteiger charge is -2.36. The van der Waals surface area contributed by atoms with Gasteiger partial charge in [-0.3, -0.25) is 19.2 Å². The van der Waals surface area contributed by atoms with Crippen LogP contribution in [0.15, 0.2) is 90.7 Å². The number of ether oxygens (including phenoxy) is 3. The highest BCUT2D eigenvalue weighted by Gasteiger charge is 2.45. The first-order valence-corrected chi connectivity index (χ1v) is 28.1. The molecule has 3 aromatic carbocycles. The standard InChI is InChI=1S/C57H73N9O8S2/c1-7-8-11-42(30-41-32-58-47-13-10-9-12-46(41)47)62-54(70)49-33-59-56(76-49)65-24-22-64(23-25-65)43-18-20-45(21-19-43)74-29-28-72-26-27-73-35-50(68)63-52(57(4,5)6)55(71)66-34-44(67)31-48(66)53(69)61-37(2)39-14-16-40(17-15-39)51-38(3)60-36-75-51/h9-10,12-21,32-33,36-37,42,44,48,52,58,67H,7-8,11,22-31,34-35H2,1-6H3,(H,61,69)(H,62,70)(H,63,68)/t37-,42?,44+,48-,52+/m0/s1. The van der Waals surface area contributed by atoms with E-state index in [0.717, 1.165) is 95.6 Å². The molecule has 0 radical (unpaired) electrons. The lowest BCUT2D eigenvalue weighted by Crippen LogP contribution is -2.58. The summed E-state index contributed by atoms with van der Waals surface area (Å²) >= 11 is 3.02. The molecule has 406 valence electrons. The number of aliphatic hydroxyl groups excluding tert-OH is 1. The van der Waals surface area contributed by atoms with Gasteiger partial charge in [0.15, 0.2) is 5.13 Å². The number of fused-ring (bicyclic) bond motifs is 1. The highest BCUT2D eigenvalue weighted by molar-refractivity contribution is 7.17. The van der Waals surface area contributed by atoms with Gasteiger partial charge in [0.2, 0.25) is 17.7 Å². The number of aliphatic hydroxyl groups is 1. The number of unbranched alkanes of at least 4 members (excludes halogenated alkanes) is 1. The number of hydrogen-bond donors (Lipinski definition) is 5. The van der Waals surface area contributed by atoms with Gasteiger partial charge in [-0.1, -0.05) is 94.3 Å². The van der Waals surface area contributed by atoms with Crippen LogP contribution in [0.25, 0.3) is 21.3 Å². The SMILES string of the molecule is CCCCC(Cc1c[nH]c2ccccc12)NC(=O)c1cnc(N2CCN(c3ccc(OCCOCCOCC(=O)N[C@H](C(=O)N4C[C@H](O)C[C@H]4C(=O)N[C@@H](C)c4ccc(-c5scnc5C)cc4)C(C)(C)C)cc3)CC2)s1. The van der Waals surface area contributed by atoms with Crippen LogP contribution in [0.1, 0.15) is 92.8 Å². The number of piperazine rings is 1. The van der Waals surface area contributed by atoms with Crippen molar-refractivity contribution in [3.63, 3.8) is 0 Å². The number of benzene rings is 3. The molecule has 3 aromatic heterocycles. The number of aryl methyl sites for hydroxylation is 1. The number of β-amino-alcohol motifs (C(OH)–C–C–N with tert-alkyl or cyclic N) is 1. The Morgan fingerprint density at radius 3 is 2.33 bits per heavy atom. The molecule has 19 heteroatoms. The Morgan fingerprint density at radius 1 is 0.882 bits per heavy atom. The first-order valence-electron chi connectivity index (χ1n) is 26.4. The number of carbonyl (C=O) groups is 4. The van der Waals surface area contributed by atoms with Crippen molar-refractivity contribution < 1.29 is 38.5 Å². The smallest absolute Gasteiger partial charge is 0.263 e. The Labute approximate surface area is 453 Å². The van der Waals surface area contributed by atoms with Crippen molar-refractivity contribution in [2.24, 2.45) is 5.41 Å². The van der Waals surface area contributed by atoms with Gasteiger partial charge in [-0.2, -0.15) is 0 Å². The van der Waals surface area contributed by atoms with Crippen molar-refractivity contribution in [2.45, 2.75) is 104 Å². The zero-order chi connectivity index (χ0) is 53.8. The van der Waals surface area contributed by atoms with Crippen molar-refractivity contribution in [1.82, 2.24) is 35.8 Å². The maximum Gasteiger partial charge on any atom is 0.263 e. The summed E-state index contributed by atoms with van der Waals surface area (Å²) < 4.78 is 17.2. The highest BCUT2D eigenvalue weighted by Crippen LogP contribution is 2.31. The molecule has 5 heterocycles. The molecule has 8 rings (SSSR count). The van der Waals surface area contributed by atoms with E-state index in [2.05, 4.69) is 84.2 Å². The van der Waals surface area contributed by atoms with Crippen molar-refractivity contribution in [3.05, 3.63) is 112 Å². The number of H-pyrrole nitrogens is 1. The minimum Gasteiger partial charge on any atom is -0.491 e. The monoisotopic (exact) mass is 1080 g/mol. The summed E-state index contributed by atoms with van der Waals surface area (Å²) in [6.07, 6.45) is 6.77. The van der Waals surface area contributed by atoms with Crippen molar-refractivity contribution in [2.75, 3.05) is 75.6 Å². The maximum absolute atomic E-state index is 14.1. The Kier molecular flexibility index (Phi) is 19.2. The van der Waals surface area contributed by atoms with Crippen LogP contribution in [0.5, 0.6) is 5.75 Å². The molecule has 4 amide bonds. The van der Waals surface area contributed by atoms with Gasteiger partial charge in [-0.05, 0) is 79.1 Å². The second-order valence-corrected chi connectivity index (χ2v) is 22.6. The van der Waals surface area contributed by atoms with Gasteiger partial charge < -0.3 is 55.0 Å². The molecule has 2 aliphatic rings. The van der Waals surface area contributed by atoms with Gasteiger partial charge >= 0.3 is 0 Å². The van der Waals surface area contributed by atoms with Crippen LogP contribution in [-0.2, 0) is 30.3 Å². The van der Waals surface area contributed by atoms with Crippen molar-refractivity contribution in [1.29, 1.82) is 0 Å². The van der Waals surface area contributed by atoms with E-state index in [1.54, 1.807) is 17.5 Å². The van der Waals surface area contributed by atoms with E-state index in [0.29, 0.717) is 18.1 Å². The number of anilines is 2. The first kappa shape index (κ1) is 55.8. The summed E-state index contributed by atoms with van der Waals surface area (Å²) in [5.74, 6) is -0.640. The fraction of sp³-hybridized carbons (Fsp3) is 0.474. The van der Waals surface area contributed by atoms with E-state index in [1.807, 2.05) is 82.6 Å². The second-order valence-electron chi connectivity index (χ2n) is 20.7. The largest absolute Gasteiger partial charge is 0.491 e. The van der Waals surface area contributed by atoms with E-state index < -0.39 is 35.4 Å². The van der Waals surface area contributed by atoms with Gasteiger partial charge in [0, 0.05) is 68.0 Å². The predicted molar refractivity (Wildman–Crippen MR) is 299 cm³/mol. The number of rotatable bonds is 24. The quantitative estimate of drug-likeness (QED) is 0.0371. The van der Waals surface area contributed by atoms with Crippen molar-refractivity contribution >= 4 is 68.0 Å². The second kappa shape index (κ2) is 26.1. The molecule has 5 N–H and O–H groups in total. The number of aromatic nitrogens is 3. The van der Waals surface area contributed by atoms with Gasteiger partial charge in [0.1, 0.15) is 35.9 Å². The predicted octanol–water partition coefficient (Wildman–Crippen LogP) is 7.70. The molecule has 6 aromatic rings. The van der Waals surface area contributed by atoms with Crippen LogP contribution in [0.4, 0.5) is 10.8 Å². The zero-order valence-electron chi connectivity index (χ0n) is 44.5. The first-order chi connectivity index (χ1) is 36.6. The Morgan fingerprint density at radius 2 is 1.61 bits per heavy atom. The summed E-state index contributed by atoms with van der Waals surface area (Å²) in [6.45, 7) is 15.5. The number of hydrogen-bond acceptors (Lipinski definition) is 14. The van der Waals surface area contributed by atoms with Crippen LogP contribution in [0, 0.1) is 12.3 Å². The normalized spacial score (nSPS) is 17.1. The highest BCUT2D eigenvalue weighted by atomic mass is 32.1. The Hall–Kier alpha value is -6.38. The number of likely N-dealkylation sites (tertiary alicyclic amines) is 1. The van der Waals surface area contributed by atoms with E-state index >= 15 is 0 Å². The third kappa shape index (κ3) is 14.5. The molecule has 2 aliphatic heterocycles. The van der Waals surface area contributed by atoms with Gasteiger partial charge in [0.25, 0.3) is 5.91 Å². The molecule has 17 nitrogen and oxygen atoms in total. The lowest BCUT2D eigenvalue weighted by molar-refractivity contribution is -0.144. The molecule has 0 saturated carbocycles. The minimum absolute atomic E-state index is 0.0208. The molecule has 5 atom stereocenters. The number of aromatic amines is 1. The zero-order valence-corrected chi connectivity index (χ0v) is 46.1. The fourth-order valence-corrected chi connectivity index (χ4v) is 11.4. The fourth-order valence-electron chi connectivity index (χ4n) is 9.74. The summed E-state index contributed by atoms with van der Waals surface area (Å²) in [5, 5.41) is 21.9. The molecular weight excluding hydrogens is 1000 g/mol. The number of para-hydroxylation sites is 1. The molecule has 1 unspecified atom stereocenters. The topological polar surface area (TPSA) is 204 Å². The summed E-state index contributed by atoms with van der Waals surface area (Å²) in [7, 11) is 0. The number of thiazole rings is 2. The third-order valence-electron chi connectivity index (χ3n) is 14.0. The number of nitrogens with zero attached hydrogens (tertiary/aromatic N) is 5. The minimum atomic E-state index is -0.973. The molecular formula is C57H73N9O8S2. The van der Waals surface area contributed by atoms with E-state index in [-0.39, 0.29) is 56.7 Å². The average Bonchev–Trinajstić information content (AvgIpc) is 4.25.